The minimum atomic E-state index is 0.0756. The molecule has 0 bridgehead atoms. The van der Waals surface area contributed by atoms with Crippen molar-refractivity contribution in [3.8, 4) is 0 Å². The SMILES string of the molecule is CCOCC(C)n1c(C)c(C(=O)c2ccccc2)c2ccccc21. The van der Waals surface area contributed by atoms with Gasteiger partial charge in [-0.25, -0.2) is 0 Å². The van der Waals surface area contributed by atoms with Crippen molar-refractivity contribution in [2.45, 2.75) is 26.8 Å². The smallest absolute Gasteiger partial charge is 0.195 e. The standard InChI is InChI=1S/C21H23NO2/c1-4-24-14-15(2)22-16(3)20(18-12-8-9-13-19(18)22)21(23)17-10-6-5-7-11-17/h5-13,15H,4,14H2,1-3H3. The summed E-state index contributed by atoms with van der Waals surface area (Å²) in [5, 5.41) is 1.01. The van der Waals surface area contributed by atoms with Crippen molar-refractivity contribution >= 4 is 16.7 Å². The summed E-state index contributed by atoms with van der Waals surface area (Å²) < 4.78 is 7.83. The van der Waals surface area contributed by atoms with Gasteiger partial charge < -0.3 is 9.30 Å². The minimum absolute atomic E-state index is 0.0756. The summed E-state index contributed by atoms with van der Waals surface area (Å²) >= 11 is 0. The monoisotopic (exact) mass is 321 g/mol. The number of carbonyl (C=O) groups excluding carboxylic acids is 1. The molecule has 0 saturated carbocycles. The molecule has 0 amide bonds. The number of ketones is 1. The third-order valence-electron chi connectivity index (χ3n) is 4.42. The summed E-state index contributed by atoms with van der Waals surface area (Å²) in [5.74, 6) is 0.0756. The van der Waals surface area contributed by atoms with Gasteiger partial charge in [-0.3, -0.25) is 4.79 Å². The first-order valence-electron chi connectivity index (χ1n) is 8.42. The molecule has 0 spiro atoms. The molecule has 0 fully saturated rings. The van der Waals surface area contributed by atoms with Crippen molar-refractivity contribution in [3.63, 3.8) is 0 Å². The number of benzene rings is 2. The van der Waals surface area contributed by atoms with Crippen LogP contribution in [0.1, 0.15) is 41.5 Å². The van der Waals surface area contributed by atoms with Gasteiger partial charge in [0.05, 0.1) is 18.2 Å². The van der Waals surface area contributed by atoms with Crippen molar-refractivity contribution in [1.29, 1.82) is 0 Å². The van der Waals surface area contributed by atoms with Crippen molar-refractivity contribution in [2.24, 2.45) is 0 Å². The second-order valence-electron chi connectivity index (χ2n) is 6.05. The van der Waals surface area contributed by atoms with Crippen LogP contribution in [0.25, 0.3) is 10.9 Å². The fourth-order valence-electron chi connectivity index (χ4n) is 3.34. The summed E-state index contributed by atoms with van der Waals surface area (Å²) in [6.45, 7) is 7.48. The molecule has 3 aromatic rings. The van der Waals surface area contributed by atoms with Gasteiger partial charge in [-0.1, -0.05) is 48.5 Å². The van der Waals surface area contributed by atoms with Crippen LogP contribution in [0.4, 0.5) is 0 Å². The van der Waals surface area contributed by atoms with Gasteiger partial charge in [-0.05, 0) is 26.8 Å². The Bertz CT molecular complexity index is 849. The Kier molecular flexibility index (Phi) is 4.81. The molecule has 3 nitrogen and oxygen atoms in total. The second kappa shape index (κ2) is 7.02. The van der Waals surface area contributed by atoms with E-state index in [1.807, 2.05) is 62.4 Å². The summed E-state index contributed by atoms with van der Waals surface area (Å²) in [6, 6.07) is 17.8. The number of aromatic nitrogens is 1. The second-order valence-corrected chi connectivity index (χ2v) is 6.05. The maximum atomic E-state index is 13.1. The fraction of sp³-hybridized carbons (Fsp3) is 0.286. The van der Waals surface area contributed by atoms with E-state index < -0.39 is 0 Å². The highest BCUT2D eigenvalue weighted by Gasteiger charge is 2.22. The van der Waals surface area contributed by atoms with Gasteiger partial charge in [0.1, 0.15) is 0 Å². The zero-order valence-corrected chi connectivity index (χ0v) is 14.5. The highest BCUT2D eigenvalue weighted by atomic mass is 16.5. The van der Waals surface area contributed by atoms with Gasteiger partial charge in [0.15, 0.2) is 5.78 Å². The molecular formula is C21H23NO2. The topological polar surface area (TPSA) is 31.2 Å². The van der Waals surface area contributed by atoms with E-state index in [4.69, 9.17) is 4.74 Å². The molecule has 1 unspecified atom stereocenters. The Morgan fingerprint density at radius 1 is 1.08 bits per heavy atom. The minimum Gasteiger partial charge on any atom is -0.380 e. The molecule has 3 heteroatoms. The molecule has 2 aromatic carbocycles. The van der Waals surface area contributed by atoms with Gasteiger partial charge in [-0.2, -0.15) is 0 Å². The van der Waals surface area contributed by atoms with Crippen LogP contribution in [0.15, 0.2) is 54.6 Å². The fourth-order valence-corrected chi connectivity index (χ4v) is 3.34. The lowest BCUT2D eigenvalue weighted by Gasteiger charge is -2.17. The van der Waals surface area contributed by atoms with Gasteiger partial charge in [0.2, 0.25) is 0 Å². The van der Waals surface area contributed by atoms with Gasteiger partial charge in [0, 0.05) is 28.8 Å². The average Bonchev–Trinajstić information content (AvgIpc) is 2.91. The van der Waals surface area contributed by atoms with Crippen LogP contribution >= 0.6 is 0 Å². The van der Waals surface area contributed by atoms with Crippen LogP contribution in [0.5, 0.6) is 0 Å². The maximum Gasteiger partial charge on any atom is 0.195 e. The van der Waals surface area contributed by atoms with E-state index in [0.717, 1.165) is 27.7 Å². The van der Waals surface area contributed by atoms with Crippen LogP contribution in [0, 0.1) is 6.92 Å². The predicted octanol–water partition coefficient (Wildman–Crippen LogP) is 4.78. The first-order valence-corrected chi connectivity index (χ1v) is 8.42. The van der Waals surface area contributed by atoms with Crippen LogP contribution in [-0.2, 0) is 4.74 Å². The van der Waals surface area contributed by atoms with Gasteiger partial charge in [0.25, 0.3) is 0 Å². The van der Waals surface area contributed by atoms with Crippen LogP contribution in [0.3, 0.4) is 0 Å². The molecule has 1 atom stereocenters. The molecule has 0 radical (unpaired) electrons. The van der Waals surface area contributed by atoms with E-state index in [-0.39, 0.29) is 11.8 Å². The number of ether oxygens (including phenoxy) is 1. The van der Waals surface area contributed by atoms with Crippen molar-refractivity contribution < 1.29 is 9.53 Å². The Morgan fingerprint density at radius 2 is 1.75 bits per heavy atom. The zero-order valence-electron chi connectivity index (χ0n) is 14.5. The molecule has 0 saturated heterocycles. The third-order valence-corrected chi connectivity index (χ3v) is 4.42. The number of fused-ring (bicyclic) bond motifs is 1. The first kappa shape index (κ1) is 16.5. The lowest BCUT2D eigenvalue weighted by molar-refractivity contribution is 0.103. The summed E-state index contributed by atoms with van der Waals surface area (Å²) in [4.78, 5) is 13.1. The molecule has 124 valence electrons. The molecule has 0 aliphatic rings. The molecule has 0 aliphatic carbocycles. The number of carbonyl (C=O) groups is 1. The third kappa shape index (κ3) is 2.87. The quantitative estimate of drug-likeness (QED) is 0.612. The molecule has 3 rings (SSSR count). The van der Waals surface area contributed by atoms with E-state index in [2.05, 4.69) is 17.6 Å². The van der Waals surface area contributed by atoms with E-state index in [1.165, 1.54) is 0 Å². The number of rotatable bonds is 6. The summed E-state index contributed by atoms with van der Waals surface area (Å²) in [7, 11) is 0. The van der Waals surface area contributed by atoms with Crippen molar-refractivity contribution in [3.05, 3.63) is 71.4 Å². The molecule has 0 aliphatic heterocycles. The highest BCUT2D eigenvalue weighted by molar-refractivity contribution is 6.17. The van der Waals surface area contributed by atoms with E-state index in [1.54, 1.807) is 0 Å². The lowest BCUT2D eigenvalue weighted by atomic mass is 10.0. The van der Waals surface area contributed by atoms with Gasteiger partial charge >= 0.3 is 0 Å². The number of hydrogen-bond donors (Lipinski definition) is 0. The van der Waals surface area contributed by atoms with Crippen LogP contribution in [-0.4, -0.2) is 23.6 Å². The average molecular weight is 321 g/mol. The number of hydrogen-bond acceptors (Lipinski definition) is 2. The molecule has 24 heavy (non-hydrogen) atoms. The van der Waals surface area contributed by atoms with E-state index in [9.17, 15) is 4.79 Å². The van der Waals surface area contributed by atoms with Gasteiger partial charge in [-0.15, -0.1) is 0 Å². The zero-order chi connectivity index (χ0) is 17.1. The maximum absolute atomic E-state index is 13.1. The molecule has 1 heterocycles. The van der Waals surface area contributed by atoms with Crippen molar-refractivity contribution in [2.75, 3.05) is 13.2 Å². The van der Waals surface area contributed by atoms with E-state index in [0.29, 0.717) is 13.2 Å². The first-order chi connectivity index (χ1) is 11.6. The largest absolute Gasteiger partial charge is 0.380 e. The van der Waals surface area contributed by atoms with Crippen molar-refractivity contribution in [1.82, 2.24) is 4.57 Å². The Balaban J connectivity index is 2.15. The van der Waals surface area contributed by atoms with Crippen LogP contribution in [0.2, 0.25) is 0 Å². The van der Waals surface area contributed by atoms with Crippen LogP contribution < -0.4 is 0 Å². The Hall–Kier alpha value is -2.39. The molecule has 1 aromatic heterocycles. The Morgan fingerprint density at radius 3 is 2.46 bits per heavy atom. The number of para-hydroxylation sites is 1. The molecular weight excluding hydrogens is 298 g/mol. The predicted molar refractivity (Wildman–Crippen MR) is 97.8 cm³/mol. The normalized spacial score (nSPS) is 12.5. The summed E-state index contributed by atoms with van der Waals surface area (Å²) in [5.41, 5.74) is 3.60. The lowest BCUT2D eigenvalue weighted by Crippen LogP contribution is -2.14. The Labute approximate surface area is 142 Å². The highest BCUT2D eigenvalue weighted by Crippen LogP contribution is 2.31. The molecule has 0 N–H and O–H groups in total. The van der Waals surface area contributed by atoms with E-state index >= 15 is 0 Å². The number of nitrogens with zero attached hydrogens (tertiary/aromatic N) is 1. The summed E-state index contributed by atoms with van der Waals surface area (Å²) in [6.07, 6.45) is 0.